The van der Waals surface area contributed by atoms with E-state index < -0.39 is 0 Å². The molecule has 0 spiro atoms. The zero-order valence-electron chi connectivity index (χ0n) is 16.6. The normalized spacial score (nSPS) is 34.2. The lowest BCUT2D eigenvalue weighted by Crippen LogP contribution is -2.26. The van der Waals surface area contributed by atoms with Crippen molar-refractivity contribution in [1.29, 1.82) is 0 Å². The van der Waals surface area contributed by atoms with Crippen molar-refractivity contribution in [2.75, 3.05) is 7.11 Å². The van der Waals surface area contributed by atoms with Crippen molar-refractivity contribution < 1.29 is 14.9 Å². The highest BCUT2D eigenvalue weighted by atomic mass is 16.5. The third-order valence-corrected chi connectivity index (χ3v) is 6.57. The molecule has 0 aliphatic heterocycles. The zero-order valence-corrected chi connectivity index (χ0v) is 16.6. The Labute approximate surface area is 154 Å². The van der Waals surface area contributed by atoms with Crippen LogP contribution in [0.4, 0.5) is 0 Å². The maximum Gasteiger partial charge on any atom is 0.0926 e. The van der Waals surface area contributed by atoms with Crippen LogP contribution in [0, 0.1) is 17.8 Å². The molecule has 0 saturated heterocycles. The number of rotatable bonds is 8. The maximum atomic E-state index is 10.7. The third kappa shape index (κ3) is 5.10. The summed E-state index contributed by atoms with van der Waals surface area (Å²) in [4.78, 5) is 0. The highest BCUT2D eigenvalue weighted by molar-refractivity contribution is 5.36. The molecule has 0 amide bonds. The van der Waals surface area contributed by atoms with Gasteiger partial charge in [-0.05, 0) is 81.3 Å². The van der Waals surface area contributed by atoms with Gasteiger partial charge in [0.2, 0.25) is 0 Å². The molecule has 0 aromatic rings. The van der Waals surface area contributed by atoms with Gasteiger partial charge >= 0.3 is 0 Å². The third-order valence-electron chi connectivity index (χ3n) is 6.57. The van der Waals surface area contributed by atoms with Crippen LogP contribution in [0.5, 0.6) is 0 Å². The summed E-state index contributed by atoms with van der Waals surface area (Å²) >= 11 is 0. The van der Waals surface area contributed by atoms with Crippen LogP contribution >= 0.6 is 0 Å². The zero-order chi connectivity index (χ0) is 18.4. The molecule has 0 unspecified atom stereocenters. The van der Waals surface area contributed by atoms with Crippen LogP contribution in [0.25, 0.3) is 0 Å². The Balaban J connectivity index is 1.97. The van der Waals surface area contributed by atoms with Crippen LogP contribution in [-0.4, -0.2) is 29.5 Å². The Hall–Kier alpha value is -0.800. The second-order valence-electron chi connectivity index (χ2n) is 8.11. The van der Waals surface area contributed by atoms with Crippen molar-refractivity contribution >= 4 is 0 Å². The number of allylic oxidation sites excluding steroid dienone is 4. The fraction of sp³-hybridized carbons (Fsp3) is 0.818. The van der Waals surface area contributed by atoms with Gasteiger partial charge in [-0.2, -0.15) is 0 Å². The molecule has 2 fully saturated rings. The predicted octanol–water partition coefficient (Wildman–Crippen LogP) is 5.55. The maximum absolute atomic E-state index is 10.7. The van der Waals surface area contributed by atoms with E-state index in [9.17, 15) is 10.2 Å². The molecule has 0 radical (unpaired) electrons. The molecule has 2 saturated carbocycles. The molecule has 25 heavy (non-hydrogen) atoms. The van der Waals surface area contributed by atoms with Gasteiger partial charge in [0.25, 0.3) is 0 Å². The number of fused-ring (bicyclic) bond motifs is 1. The summed E-state index contributed by atoms with van der Waals surface area (Å²) in [7, 11) is 1.82. The van der Waals surface area contributed by atoms with E-state index in [0.717, 1.165) is 44.1 Å². The molecule has 2 aliphatic rings. The average molecular weight is 351 g/mol. The minimum absolute atomic E-state index is 0.195. The Morgan fingerprint density at radius 1 is 1.28 bits per heavy atom. The number of ether oxygens (including phenoxy) is 1. The molecule has 0 bridgehead atoms. The number of hydrogen-bond donors (Lipinski definition) is 2. The minimum atomic E-state index is -0.195. The molecule has 2 rings (SSSR count). The first-order valence-corrected chi connectivity index (χ1v) is 10.3. The monoisotopic (exact) mass is 350 g/mol. The highest BCUT2D eigenvalue weighted by Gasteiger charge is 2.45. The van der Waals surface area contributed by atoms with E-state index in [1.54, 1.807) is 6.92 Å². The molecule has 0 aromatic carbocycles. The summed E-state index contributed by atoms with van der Waals surface area (Å²) < 4.78 is 5.69. The van der Waals surface area contributed by atoms with Crippen LogP contribution in [0.15, 0.2) is 23.0 Å². The smallest absolute Gasteiger partial charge is 0.0926 e. The Bertz CT molecular complexity index is 476. The van der Waals surface area contributed by atoms with Crippen LogP contribution in [0.2, 0.25) is 0 Å². The minimum Gasteiger partial charge on any atom is -0.512 e. The number of aliphatic hydroxyl groups excluding tert-OH is 2. The lowest BCUT2D eigenvalue weighted by molar-refractivity contribution is 0.0595. The standard InChI is InChI=1S/C22H38O3/c1-5-7-8-9-18(25-4)10-11-19-21-12-16(6-2)20(15(3)23)13-17(21)14-22(19)24/h6,17-19,21-24H,5,7-14H2,1-4H3/b16-6-,20-15+/t17-,18-,19+,21-,22+/m0/s1. The Morgan fingerprint density at radius 3 is 2.64 bits per heavy atom. The summed E-state index contributed by atoms with van der Waals surface area (Å²) in [6.07, 6.45) is 12.1. The van der Waals surface area contributed by atoms with Gasteiger partial charge in [0, 0.05) is 7.11 Å². The predicted molar refractivity (Wildman–Crippen MR) is 104 cm³/mol. The summed E-state index contributed by atoms with van der Waals surface area (Å²) in [5, 5.41) is 20.7. The van der Waals surface area contributed by atoms with Gasteiger partial charge in [0.15, 0.2) is 0 Å². The van der Waals surface area contributed by atoms with E-state index in [-0.39, 0.29) is 6.10 Å². The second-order valence-corrected chi connectivity index (χ2v) is 8.11. The molecule has 2 aliphatic carbocycles. The molecular formula is C22H38O3. The van der Waals surface area contributed by atoms with Gasteiger partial charge in [-0.3, -0.25) is 0 Å². The topological polar surface area (TPSA) is 49.7 Å². The van der Waals surface area contributed by atoms with Crippen molar-refractivity contribution in [1.82, 2.24) is 0 Å². The lowest BCUT2D eigenvalue weighted by Gasteiger charge is -2.33. The Kier molecular flexibility index (Phi) is 8.02. The van der Waals surface area contributed by atoms with E-state index in [2.05, 4.69) is 19.9 Å². The number of aliphatic hydroxyl groups is 2. The average Bonchev–Trinajstić information content (AvgIpc) is 2.91. The van der Waals surface area contributed by atoms with Gasteiger partial charge in [-0.15, -0.1) is 0 Å². The van der Waals surface area contributed by atoms with Crippen LogP contribution in [-0.2, 0) is 4.74 Å². The van der Waals surface area contributed by atoms with Crippen molar-refractivity contribution in [3.05, 3.63) is 23.0 Å². The first kappa shape index (κ1) is 20.5. The van der Waals surface area contributed by atoms with Gasteiger partial charge in [-0.25, -0.2) is 0 Å². The van der Waals surface area contributed by atoms with Gasteiger partial charge < -0.3 is 14.9 Å². The van der Waals surface area contributed by atoms with Crippen molar-refractivity contribution in [2.24, 2.45) is 17.8 Å². The molecule has 3 nitrogen and oxygen atoms in total. The van der Waals surface area contributed by atoms with Crippen LogP contribution in [0.3, 0.4) is 0 Å². The number of methoxy groups -OCH3 is 1. The lowest BCUT2D eigenvalue weighted by atomic mass is 9.72. The molecule has 0 aromatic heterocycles. The van der Waals surface area contributed by atoms with Gasteiger partial charge in [0.05, 0.1) is 18.0 Å². The van der Waals surface area contributed by atoms with Crippen LogP contribution < -0.4 is 0 Å². The van der Waals surface area contributed by atoms with E-state index in [0.29, 0.717) is 29.6 Å². The van der Waals surface area contributed by atoms with Gasteiger partial charge in [0.1, 0.15) is 0 Å². The van der Waals surface area contributed by atoms with E-state index >= 15 is 0 Å². The first-order valence-electron chi connectivity index (χ1n) is 10.3. The summed E-state index contributed by atoms with van der Waals surface area (Å²) in [5.41, 5.74) is 2.40. The molecular weight excluding hydrogens is 312 g/mol. The Morgan fingerprint density at radius 2 is 2.04 bits per heavy atom. The van der Waals surface area contributed by atoms with Gasteiger partial charge in [-0.1, -0.05) is 32.3 Å². The molecule has 5 atom stereocenters. The second kappa shape index (κ2) is 9.78. The number of unbranched alkanes of at least 4 members (excludes halogenated alkanes) is 2. The fourth-order valence-corrected chi connectivity index (χ4v) is 5.08. The SMILES string of the molecule is C/C=C1/C[C@H]2[C@@H](C/C1=C(/C)O)C[C@@H](O)[C@@H]2CC[C@H](CCCCC)OC. The van der Waals surface area contributed by atoms with E-state index in [1.807, 2.05) is 7.11 Å². The largest absolute Gasteiger partial charge is 0.512 e. The number of hydrogen-bond acceptors (Lipinski definition) is 3. The molecule has 0 heterocycles. The molecule has 2 N–H and O–H groups in total. The quantitative estimate of drug-likeness (QED) is 0.446. The fourth-order valence-electron chi connectivity index (χ4n) is 5.08. The first-order chi connectivity index (χ1) is 12.0. The molecule has 144 valence electrons. The van der Waals surface area contributed by atoms with Crippen molar-refractivity contribution in [3.63, 3.8) is 0 Å². The van der Waals surface area contributed by atoms with Crippen molar-refractivity contribution in [3.8, 4) is 0 Å². The van der Waals surface area contributed by atoms with Crippen molar-refractivity contribution in [2.45, 2.75) is 90.8 Å². The van der Waals surface area contributed by atoms with E-state index in [1.165, 1.54) is 24.8 Å². The summed E-state index contributed by atoms with van der Waals surface area (Å²) in [6, 6.07) is 0. The summed E-state index contributed by atoms with van der Waals surface area (Å²) in [5.74, 6) is 1.91. The summed E-state index contributed by atoms with van der Waals surface area (Å²) in [6.45, 7) is 6.09. The van der Waals surface area contributed by atoms with Crippen LogP contribution in [0.1, 0.15) is 78.6 Å². The van der Waals surface area contributed by atoms with E-state index in [4.69, 9.17) is 4.74 Å². The molecule has 3 heteroatoms. The highest BCUT2D eigenvalue weighted by Crippen LogP contribution is 2.51.